The van der Waals surface area contributed by atoms with Crippen molar-refractivity contribution >= 4 is 5.96 Å². The summed E-state index contributed by atoms with van der Waals surface area (Å²) >= 11 is 0. The van der Waals surface area contributed by atoms with Crippen molar-refractivity contribution in [2.24, 2.45) is 16.6 Å². The second-order valence-corrected chi connectivity index (χ2v) is 5.21. The Labute approximate surface area is 101 Å². The maximum absolute atomic E-state index is 13.4. The molecule has 2 aliphatic rings. The van der Waals surface area contributed by atoms with Crippen molar-refractivity contribution in [2.75, 3.05) is 19.6 Å². The van der Waals surface area contributed by atoms with Crippen LogP contribution in [0.2, 0.25) is 0 Å². The van der Waals surface area contributed by atoms with Gasteiger partial charge in [0.05, 0.1) is 0 Å². The first-order valence-corrected chi connectivity index (χ1v) is 6.49. The quantitative estimate of drug-likeness (QED) is 0.460. The molecular formula is C12H21F2N3. The van der Waals surface area contributed by atoms with E-state index in [1.807, 2.05) is 4.90 Å². The third-order valence-electron chi connectivity index (χ3n) is 3.68. The number of guanidine groups is 1. The van der Waals surface area contributed by atoms with E-state index >= 15 is 0 Å². The Balaban J connectivity index is 1.84. The monoisotopic (exact) mass is 245 g/mol. The molecule has 0 radical (unpaired) electrons. The van der Waals surface area contributed by atoms with Gasteiger partial charge in [0, 0.05) is 32.5 Å². The zero-order valence-corrected chi connectivity index (χ0v) is 10.2. The first-order chi connectivity index (χ1) is 8.07. The Morgan fingerprint density at radius 2 is 2.06 bits per heavy atom. The number of aliphatic imine (C=N–C) groups is 1. The Morgan fingerprint density at radius 1 is 1.29 bits per heavy atom. The van der Waals surface area contributed by atoms with Gasteiger partial charge in [-0.05, 0) is 25.2 Å². The average molecular weight is 245 g/mol. The highest BCUT2D eigenvalue weighted by atomic mass is 19.3. The number of nitrogens with zero attached hydrogens (tertiary/aromatic N) is 2. The van der Waals surface area contributed by atoms with E-state index < -0.39 is 5.92 Å². The molecule has 2 fully saturated rings. The Morgan fingerprint density at radius 3 is 2.71 bits per heavy atom. The van der Waals surface area contributed by atoms with Gasteiger partial charge in [0.1, 0.15) is 0 Å². The summed E-state index contributed by atoms with van der Waals surface area (Å²) < 4.78 is 26.8. The van der Waals surface area contributed by atoms with E-state index in [1.165, 1.54) is 0 Å². The molecule has 0 aromatic rings. The van der Waals surface area contributed by atoms with Crippen LogP contribution in [-0.4, -0.2) is 36.4 Å². The zero-order valence-electron chi connectivity index (χ0n) is 10.2. The molecule has 0 aromatic carbocycles. The summed E-state index contributed by atoms with van der Waals surface area (Å²) in [5, 5.41) is 0. The minimum Gasteiger partial charge on any atom is -0.370 e. The molecule has 17 heavy (non-hydrogen) atoms. The largest absolute Gasteiger partial charge is 0.370 e. The molecule has 0 spiro atoms. The van der Waals surface area contributed by atoms with Gasteiger partial charge >= 0.3 is 0 Å². The molecule has 1 unspecified atom stereocenters. The minimum atomic E-state index is -2.50. The molecule has 1 aliphatic heterocycles. The number of likely N-dealkylation sites (tertiary alicyclic amines) is 1. The molecule has 1 aliphatic carbocycles. The van der Waals surface area contributed by atoms with E-state index in [1.54, 1.807) is 0 Å². The highest BCUT2D eigenvalue weighted by molar-refractivity contribution is 5.78. The van der Waals surface area contributed by atoms with E-state index in [4.69, 9.17) is 5.73 Å². The van der Waals surface area contributed by atoms with E-state index in [-0.39, 0.29) is 18.8 Å². The number of hydrogen-bond donors (Lipinski definition) is 1. The molecule has 2 rings (SSSR count). The Bertz CT molecular complexity index is 287. The summed E-state index contributed by atoms with van der Waals surface area (Å²) in [5.74, 6) is -1.97. The van der Waals surface area contributed by atoms with E-state index in [0.717, 1.165) is 32.4 Å². The van der Waals surface area contributed by atoms with Crippen LogP contribution in [0.1, 0.15) is 38.5 Å². The van der Waals surface area contributed by atoms with Crippen molar-refractivity contribution in [3.05, 3.63) is 0 Å². The number of halogens is 2. The number of alkyl halides is 2. The van der Waals surface area contributed by atoms with Gasteiger partial charge in [0.15, 0.2) is 5.96 Å². The molecule has 98 valence electrons. The number of nitrogens with two attached hydrogens (primary N) is 1. The lowest BCUT2D eigenvalue weighted by Crippen LogP contribution is -2.46. The fourth-order valence-corrected chi connectivity index (χ4v) is 2.47. The lowest BCUT2D eigenvalue weighted by Gasteiger charge is -2.32. The lowest BCUT2D eigenvalue weighted by atomic mass is 9.99. The van der Waals surface area contributed by atoms with Crippen molar-refractivity contribution in [3.63, 3.8) is 0 Å². The summed E-state index contributed by atoms with van der Waals surface area (Å²) in [7, 11) is 0. The van der Waals surface area contributed by atoms with Crippen LogP contribution in [0, 0.1) is 5.92 Å². The van der Waals surface area contributed by atoms with Gasteiger partial charge in [-0.1, -0.05) is 6.42 Å². The predicted octanol–water partition coefficient (Wildman–Crippen LogP) is 2.22. The Kier molecular flexibility index (Phi) is 3.84. The maximum Gasteiger partial charge on any atom is 0.248 e. The van der Waals surface area contributed by atoms with Crippen molar-refractivity contribution in [1.82, 2.24) is 4.90 Å². The van der Waals surface area contributed by atoms with Crippen molar-refractivity contribution < 1.29 is 8.78 Å². The topological polar surface area (TPSA) is 41.6 Å². The maximum atomic E-state index is 13.4. The van der Waals surface area contributed by atoms with Gasteiger partial charge in [-0.15, -0.1) is 0 Å². The van der Waals surface area contributed by atoms with Crippen LogP contribution in [0.5, 0.6) is 0 Å². The summed E-state index contributed by atoms with van der Waals surface area (Å²) in [6.45, 7) is 2.37. The first-order valence-electron chi connectivity index (χ1n) is 6.49. The van der Waals surface area contributed by atoms with Crippen molar-refractivity contribution in [3.8, 4) is 0 Å². The van der Waals surface area contributed by atoms with Crippen LogP contribution in [0.4, 0.5) is 8.78 Å². The fourth-order valence-electron chi connectivity index (χ4n) is 2.47. The molecule has 1 atom stereocenters. The fraction of sp³-hybridized carbons (Fsp3) is 0.917. The number of rotatable bonds is 2. The standard InChI is InChI=1S/C12H21F2N3/c13-12(14)5-2-1-4-10(8-12)9-16-11(15)17-6-3-7-17/h10H,1-9H2,(H2,15,16). The van der Waals surface area contributed by atoms with Gasteiger partial charge in [-0.3, -0.25) is 4.99 Å². The molecule has 0 amide bonds. The Hall–Kier alpha value is -0.870. The summed E-state index contributed by atoms with van der Waals surface area (Å²) in [4.78, 5) is 6.26. The van der Waals surface area contributed by atoms with Gasteiger partial charge in [0.25, 0.3) is 0 Å². The molecule has 2 N–H and O–H groups in total. The highest BCUT2D eigenvalue weighted by Gasteiger charge is 2.34. The minimum absolute atomic E-state index is 0.00711. The molecule has 3 nitrogen and oxygen atoms in total. The van der Waals surface area contributed by atoms with Crippen LogP contribution in [0.25, 0.3) is 0 Å². The number of hydrogen-bond acceptors (Lipinski definition) is 1. The van der Waals surface area contributed by atoms with Crippen LogP contribution in [0.3, 0.4) is 0 Å². The first kappa shape index (κ1) is 12.6. The van der Waals surface area contributed by atoms with E-state index in [2.05, 4.69) is 4.99 Å². The van der Waals surface area contributed by atoms with Crippen molar-refractivity contribution in [2.45, 2.75) is 44.4 Å². The van der Waals surface area contributed by atoms with Crippen LogP contribution < -0.4 is 5.73 Å². The van der Waals surface area contributed by atoms with Crippen LogP contribution in [-0.2, 0) is 0 Å². The second-order valence-electron chi connectivity index (χ2n) is 5.21. The highest BCUT2D eigenvalue weighted by Crippen LogP contribution is 2.35. The molecule has 1 saturated heterocycles. The second kappa shape index (κ2) is 5.19. The molecule has 5 heteroatoms. The van der Waals surface area contributed by atoms with E-state index in [9.17, 15) is 8.78 Å². The third kappa shape index (κ3) is 3.54. The molecule has 1 saturated carbocycles. The lowest BCUT2D eigenvalue weighted by molar-refractivity contribution is -0.0241. The van der Waals surface area contributed by atoms with E-state index in [0.29, 0.717) is 18.9 Å². The van der Waals surface area contributed by atoms with Crippen molar-refractivity contribution in [1.29, 1.82) is 0 Å². The third-order valence-corrected chi connectivity index (χ3v) is 3.68. The predicted molar refractivity (Wildman–Crippen MR) is 64.2 cm³/mol. The van der Waals surface area contributed by atoms with Gasteiger partial charge in [-0.25, -0.2) is 8.78 Å². The summed E-state index contributed by atoms with van der Waals surface area (Å²) in [5.41, 5.74) is 5.79. The molecule has 0 aromatic heterocycles. The van der Waals surface area contributed by atoms with Crippen LogP contribution in [0.15, 0.2) is 4.99 Å². The van der Waals surface area contributed by atoms with Gasteiger partial charge in [0.2, 0.25) is 5.92 Å². The molecule has 1 heterocycles. The summed E-state index contributed by atoms with van der Waals surface area (Å²) in [6, 6.07) is 0. The zero-order chi connectivity index (χ0) is 12.3. The molecule has 0 bridgehead atoms. The van der Waals surface area contributed by atoms with Gasteiger partial charge < -0.3 is 10.6 Å². The van der Waals surface area contributed by atoms with Gasteiger partial charge in [-0.2, -0.15) is 0 Å². The normalized spacial score (nSPS) is 29.6. The summed E-state index contributed by atoms with van der Waals surface area (Å²) in [6.07, 6.45) is 3.54. The molecular weight excluding hydrogens is 224 g/mol. The van der Waals surface area contributed by atoms with Crippen LogP contribution >= 0.6 is 0 Å². The average Bonchev–Trinajstić information content (AvgIpc) is 2.33. The SMILES string of the molecule is NC(=NCC1CCCCC(F)(F)C1)N1CCC1. The smallest absolute Gasteiger partial charge is 0.248 e.